The molecule has 2 atom stereocenters. The molecule has 0 amide bonds. The smallest absolute Gasteiger partial charge is 0.157 e. The summed E-state index contributed by atoms with van der Waals surface area (Å²) >= 11 is 12.6. The fraction of sp³-hybridized carbons (Fsp3) is 0.353. The van der Waals surface area contributed by atoms with Crippen molar-refractivity contribution in [3.8, 4) is 5.75 Å². The van der Waals surface area contributed by atoms with Crippen LogP contribution in [0, 0.1) is 18.7 Å². The zero-order valence-electron chi connectivity index (χ0n) is 12.7. The molecular weight excluding hydrogens is 338 g/mol. The number of rotatable bonds is 4. The minimum Gasteiger partial charge on any atom is -0.482 e. The molecule has 1 saturated heterocycles. The van der Waals surface area contributed by atoms with Gasteiger partial charge in [-0.05, 0) is 43.7 Å². The van der Waals surface area contributed by atoms with E-state index in [1.165, 1.54) is 12.3 Å². The van der Waals surface area contributed by atoms with Crippen LogP contribution in [0.25, 0.3) is 0 Å². The van der Waals surface area contributed by atoms with Crippen LogP contribution in [-0.2, 0) is 0 Å². The van der Waals surface area contributed by atoms with Gasteiger partial charge < -0.3 is 10.1 Å². The van der Waals surface area contributed by atoms with E-state index in [9.17, 15) is 4.39 Å². The minimum atomic E-state index is -0.386. The Balaban J connectivity index is 1.96. The number of aryl methyl sites for hydroxylation is 1. The molecule has 1 aromatic carbocycles. The Kier molecular flexibility index (Phi) is 5.05. The second kappa shape index (κ2) is 7.04. The van der Waals surface area contributed by atoms with Crippen molar-refractivity contribution < 1.29 is 9.13 Å². The highest BCUT2D eigenvalue weighted by Crippen LogP contribution is 2.40. The monoisotopic (exact) mass is 354 g/mol. The second-order valence-corrected chi connectivity index (χ2v) is 6.60. The lowest BCUT2D eigenvalue weighted by atomic mass is 9.95. The lowest BCUT2D eigenvalue weighted by molar-refractivity contribution is 0.144. The number of nitrogens with one attached hydrogen (secondary N) is 1. The zero-order valence-corrected chi connectivity index (χ0v) is 14.2. The summed E-state index contributed by atoms with van der Waals surface area (Å²) in [5.74, 6) is 0.246. The molecule has 1 N–H and O–H groups in total. The van der Waals surface area contributed by atoms with Crippen molar-refractivity contribution in [2.75, 3.05) is 13.1 Å². The minimum absolute atomic E-state index is 0.201. The molecule has 2 heterocycles. The van der Waals surface area contributed by atoms with Crippen molar-refractivity contribution >= 4 is 23.2 Å². The summed E-state index contributed by atoms with van der Waals surface area (Å²) < 4.78 is 19.7. The topological polar surface area (TPSA) is 34.1 Å². The molecular formula is C17H17Cl2FN2O. The number of hydrogen-bond donors (Lipinski definition) is 1. The molecule has 0 saturated carbocycles. The number of ether oxygens (including phenoxy) is 1. The van der Waals surface area contributed by atoms with E-state index in [1.807, 2.05) is 6.92 Å². The summed E-state index contributed by atoms with van der Waals surface area (Å²) in [6.07, 6.45) is 3.38. The molecule has 1 aliphatic rings. The van der Waals surface area contributed by atoms with Gasteiger partial charge in [0, 0.05) is 24.2 Å². The lowest BCUT2D eigenvalue weighted by Crippen LogP contribution is -2.22. The van der Waals surface area contributed by atoms with E-state index >= 15 is 0 Å². The highest BCUT2D eigenvalue weighted by molar-refractivity contribution is 6.37. The molecule has 3 rings (SSSR count). The Hall–Kier alpha value is -1.36. The van der Waals surface area contributed by atoms with Gasteiger partial charge in [-0.1, -0.05) is 23.2 Å². The highest BCUT2D eigenvalue weighted by atomic mass is 35.5. The third kappa shape index (κ3) is 3.77. The van der Waals surface area contributed by atoms with E-state index in [4.69, 9.17) is 27.9 Å². The molecule has 1 aromatic heterocycles. The molecule has 0 spiro atoms. The van der Waals surface area contributed by atoms with Gasteiger partial charge in [-0.3, -0.25) is 4.98 Å². The average Bonchev–Trinajstić information content (AvgIpc) is 3.00. The van der Waals surface area contributed by atoms with Gasteiger partial charge in [-0.25, -0.2) is 4.39 Å². The van der Waals surface area contributed by atoms with Gasteiger partial charge in [0.05, 0.1) is 16.2 Å². The normalized spacial score (nSPS) is 18.9. The standard InChI is InChI=1S/C17H17Cl2FN2O/c1-10-4-14(18)17(15(19)5-10)23-16(11-2-3-21-7-11)12-6-13(20)9-22-8-12/h4-6,8-9,11,16,21H,2-3,7H2,1H3/t11-,16+/m0/s1. The van der Waals surface area contributed by atoms with E-state index in [2.05, 4.69) is 10.3 Å². The number of halogens is 3. The van der Waals surface area contributed by atoms with Crippen LogP contribution in [0.3, 0.4) is 0 Å². The lowest BCUT2D eigenvalue weighted by Gasteiger charge is -2.25. The number of pyridine rings is 1. The molecule has 122 valence electrons. The van der Waals surface area contributed by atoms with Gasteiger partial charge in [-0.15, -0.1) is 0 Å². The fourth-order valence-electron chi connectivity index (χ4n) is 2.88. The summed E-state index contributed by atoms with van der Waals surface area (Å²) in [7, 11) is 0. The summed E-state index contributed by atoms with van der Waals surface area (Å²) in [5, 5.41) is 4.21. The number of nitrogens with zero attached hydrogens (tertiary/aromatic N) is 1. The Labute approximate surface area is 144 Å². The molecule has 6 heteroatoms. The van der Waals surface area contributed by atoms with Crippen molar-refractivity contribution in [2.45, 2.75) is 19.4 Å². The molecule has 2 aromatic rings. The van der Waals surface area contributed by atoms with Gasteiger partial charge >= 0.3 is 0 Å². The quantitative estimate of drug-likeness (QED) is 0.873. The van der Waals surface area contributed by atoms with E-state index < -0.39 is 0 Å². The van der Waals surface area contributed by atoms with Crippen LogP contribution in [-0.4, -0.2) is 18.1 Å². The predicted octanol–water partition coefficient (Wildman–Crippen LogP) is 4.57. The third-order valence-corrected chi connectivity index (χ3v) is 4.53. The largest absolute Gasteiger partial charge is 0.482 e. The summed E-state index contributed by atoms with van der Waals surface area (Å²) in [6.45, 7) is 3.61. The molecule has 0 unspecified atom stereocenters. The Morgan fingerprint density at radius 1 is 1.26 bits per heavy atom. The predicted molar refractivity (Wildman–Crippen MR) is 89.7 cm³/mol. The molecule has 1 fully saturated rings. The van der Waals surface area contributed by atoms with E-state index in [0.717, 1.165) is 25.1 Å². The first-order chi connectivity index (χ1) is 11.0. The van der Waals surface area contributed by atoms with Crippen LogP contribution in [0.4, 0.5) is 4.39 Å². The zero-order chi connectivity index (χ0) is 16.4. The van der Waals surface area contributed by atoms with Crippen molar-refractivity contribution in [3.05, 3.63) is 57.6 Å². The van der Waals surface area contributed by atoms with Gasteiger partial charge in [-0.2, -0.15) is 0 Å². The first kappa shape index (κ1) is 16.5. The third-order valence-electron chi connectivity index (χ3n) is 3.97. The summed E-state index contributed by atoms with van der Waals surface area (Å²) in [5.41, 5.74) is 1.64. The second-order valence-electron chi connectivity index (χ2n) is 5.79. The molecule has 0 radical (unpaired) electrons. The number of benzene rings is 1. The van der Waals surface area contributed by atoms with Crippen LogP contribution in [0.2, 0.25) is 10.0 Å². The van der Waals surface area contributed by atoms with E-state index in [0.29, 0.717) is 21.4 Å². The maximum atomic E-state index is 13.6. The van der Waals surface area contributed by atoms with Crippen LogP contribution >= 0.6 is 23.2 Å². The van der Waals surface area contributed by atoms with Gasteiger partial charge in [0.15, 0.2) is 5.75 Å². The SMILES string of the molecule is Cc1cc(Cl)c(O[C@@H](c2cncc(F)c2)[C@H]2CCNC2)c(Cl)c1. The van der Waals surface area contributed by atoms with Crippen molar-refractivity contribution in [1.82, 2.24) is 10.3 Å². The Morgan fingerprint density at radius 3 is 2.61 bits per heavy atom. The summed E-state index contributed by atoms with van der Waals surface area (Å²) in [4.78, 5) is 3.94. The molecule has 23 heavy (non-hydrogen) atoms. The highest BCUT2D eigenvalue weighted by Gasteiger charge is 2.30. The van der Waals surface area contributed by atoms with Crippen molar-refractivity contribution in [1.29, 1.82) is 0 Å². The van der Waals surface area contributed by atoms with Crippen molar-refractivity contribution in [2.24, 2.45) is 5.92 Å². The van der Waals surface area contributed by atoms with E-state index in [-0.39, 0.29) is 17.8 Å². The molecule has 0 bridgehead atoms. The van der Waals surface area contributed by atoms with Gasteiger partial charge in [0.1, 0.15) is 11.9 Å². The van der Waals surface area contributed by atoms with Gasteiger partial charge in [0.2, 0.25) is 0 Å². The van der Waals surface area contributed by atoms with Crippen LogP contribution in [0.5, 0.6) is 5.75 Å². The Bertz CT molecular complexity index is 682. The van der Waals surface area contributed by atoms with Crippen LogP contribution in [0.15, 0.2) is 30.6 Å². The maximum absolute atomic E-state index is 13.6. The summed E-state index contributed by atoms with van der Waals surface area (Å²) in [6, 6.07) is 5.05. The van der Waals surface area contributed by atoms with Crippen LogP contribution < -0.4 is 10.1 Å². The maximum Gasteiger partial charge on any atom is 0.157 e. The van der Waals surface area contributed by atoms with Gasteiger partial charge in [0.25, 0.3) is 0 Å². The first-order valence-corrected chi connectivity index (χ1v) is 8.23. The molecule has 1 aliphatic heterocycles. The number of hydrogen-bond acceptors (Lipinski definition) is 3. The fourth-order valence-corrected chi connectivity index (χ4v) is 3.57. The first-order valence-electron chi connectivity index (χ1n) is 7.48. The van der Waals surface area contributed by atoms with Crippen LogP contribution in [0.1, 0.15) is 23.7 Å². The number of aromatic nitrogens is 1. The van der Waals surface area contributed by atoms with E-state index in [1.54, 1.807) is 18.3 Å². The molecule has 3 nitrogen and oxygen atoms in total. The van der Waals surface area contributed by atoms with Crippen molar-refractivity contribution in [3.63, 3.8) is 0 Å². The molecule has 0 aliphatic carbocycles. The Morgan fingerprint density at radius 2 is 2.00 bits per heavy atom. The average molecular weight is 355 g/mol.